The Balaban J connectivity index is 1.75. The van der Waals surface area contributed by atoms with Crippen molar-refractivity contribution < 1.29 is 14.6 Å². The van der Waals surface area contributed by atoms with E-state index in [2.05, 4.69) is 11.8 Å². The maximum Gasteiger partial charge on any atom is 0.222 e. The summed E-state index contributed by atoms with van der Waals surface area (Å²) in [6.07, 6.45) is 3.23. The highest BCUT2D eigenvalue weighted by Crippen LogP contribution is 2.30. The summed E-state index contributed by atoms with van der Waals surface area (Å²) in [4.78, 5) is 15.9. The maximum atomic E-state index is 11.6. The predicted molar refractivity (Wildman–Crippen MR) is 77.5 cm³/mol. The van der Waals surface area contributed by atoms with E-state index in [1.165, 1.54) is 0 Å². The highest BCUT2D eigenvalue weighted by atomic mass is 16.5. The summed E-state index contributed by atoms with van der Waals surface area (Å²) in [6.45, 7) is 7.22. The SMILES string of the molecule is COCC[C@]1(O)CCN(CCN2CCCC2=O)C[C@H]1C. The third kappa shape index (κ3) is 3.71. The van der Waals surface area contributed by atoms with Crippen LogP contribution in [0.2, 0.25) is 0 Å². The minimum atomic E-state index is -0.587. The van der Waals surface area contributed by atoms with E-state index in [4.69, 9.17) is 4.74 Å². The van der Waals surface area contributed by atoms with Crippen LogP contribution in [0.3, 0.4) is 0 Å². The number of hydrogen-bond acceptors (Lipinski definition) is 4. The average Bonchev–Trinajstić information content (AvgIpc) is 2.84. The highest BCUT2D eigenvalue weighted by molar-refractivity contribution is 5.78. The van der Waals surface area contributed by atoms with Gasteiger partial charge in [-0.3, -0.25) is 4.79 Å². The van der Waals surface area contributed by atoms with Gasteiger partial charge in [-0.05, 0) is 25.2 Å². The number of carbonyl (C=O) groups is 1. The molecule has 2 heterocycles. The van der Waals surface area contributed by atoms with Gasteiger partial charge in [0, 0.05) is 52.9 Å². The summed E-state index contributed by atoms with van der Waals surface area (Å²) in [5.74, 6) is 0.548. The van der Waals surface area contributed by atoms with Crippen LogP contribution < -0.4 is 0 Å². The largest absolute Gasteiger partial charge is 0.389 e. The van der Waals surface area contributed by atoms with Crippen molar-refractivity contribution in [2.45, 2.75) is 38.2 Å². The first-order valence-corrected chi connectivity index (χ1v) is 7.76. The van der Waals surface area contributed by atoms with Gasteiger partial charge in [0.25, 0.3) is 0 Å². The first-order valence-electron chi connectivity index (χ1n) is 7.76. The third-order valence-electron chi connectivity index (χ3n) is 4.91. The summed E-state index contributed by atoms with van der Waals surface area (Å²) >= 11 is 0. The average molecular weight is 284 g/mol. The molecular weight excluding hydrogens is 256 g/mol. The van der Waals surface area contributed by atoms with Crippen molar-refractivity contribution in [2.24, 2.45) is 5.92 Å². The molecule has 0 aromatic carbocycles. The van der Waals surface area contributed by atoms with Gasteiger partial charge in [0.1, 0.15) is 0 Å². The molecular formula is C15H28N2O3. The van der Waals surface area contributed by atoms with Gasteiger partial charge in [-0.1, -0.05) is 6.92 Å². The first kappa shape index (κ1) is 15.7. The van der Waals surface area contributed by atoms with Crippen molar-refractivity contribution in [3.63, 3.8) is 0 Å². The molecule has 2 fully saturated rings. The Bertz CT molecular complexity index is 337. The quantitative estimate of drug-likeness (QED) is 0.781. The highest BCUT2D eigenvalue weighted by Gasteiger charge is 2.38. The lowest BCUT2D eigenvalue weighted by Crippen LogP contribution is -2.52. The summed E-state index contributed by atoms with van der Waals surface area (Å²) in [7, 11) is 1.68. The molecule has 20 heavy (non-hydrogen) atoms. The van der Waals surface area contributed by atoms with Gasteiger partial charge in [0.05, 0.1) is 5.60 Å². The lowest BCUT2D eigenvalue weighted by Gasteiger charge is -2.43. The zero-order valence-electron chi connectivity index (χ0n) is 12.8. The van der Waals surface area contributed by atoms with E-state index < -0.39 is 5.60 Å². The lowest BCUT2D eigenvalue weighted by atomic mass is 9.80. The number of piperidine rings is 1. The van der Waals surface area contributed by atoms with E-state index in [1.807, 2.05) is 4.90 Å². The van der Waals surface area contributed by atoms with Crippen LogP contribution in [-0.4, -0.2) is 72.9 Å². The molecule has 5 heteroatoms. The molecule has 0 unspecified atom stereocenters. The smallest absolute Gasteiger partial charge is 0.222 e. The van der Waals surface area contributed by atoms with Crippen molar-refractivity contribution in [1.82, 2.24) is 9.80 Å². The molecule has 2 rings (SSSR count). The topological polar surface area (TPSA) is 53.0 Å². The number of methoxy groups -OCH3 is 1. The molecule has 0 bridgehead atoms. The zero-order valence-corrected chi connectivity index (χ0v) is 12.8. The van der Waals surface area contributed by atoms with Crippen LogP contribution in [-0.2, 0) is 9.53 Å². The van der Waals surface area contributed by atoms with Gasteiger partial charge in [0.2, 0.25) is 5.91 Å². The predicted octanol–water partition coefficient (Wildman–Crippen LogP) is 0.718. The number of hydrogen-bond donors (Lipinski definition) is 1. The van der Waals surface area contributed by atoms with E-state index in [1.54, 1.807) is 7.11 Å². The molecule has 0 aliphatic carbocycles. The molecule has 116 valence electrons. The number of aliphatic hydroxyl groups is 1. The Morgan fingerprint density at radius 1 is 1.40 bits per heavy atom. The Kier molecular flexibility index (Phi) is 5.41. The van der Waals surface area contributed by atoms with Crippen LogP contribution in [0.4, 0.5) is 0 Å². The Labute approximate surface area is 121 Å². The molecule has 0 saturated carbocycles. The number of amides is 1. The molecule has 1 amide bonds. The molecule has 2 aliphatic rings. The zero-order chi connectivity index (χ0) is 14.6. The first-order chi connectivity index (χ1) is 9.55. The van der Waals surface area contributed by atoms with Gasteiger partial charge in [-0.15, -0.1) is 0 Å². The fourth-order valence-corrected chi connectivity index (χ4v) is 3.30. The molecule has 2 atom stereocenters. The molecule has 0 radical (unpaired) electrons. The number of carbonyl (C=O) groups excluding carboxylic acids is 1. The lowest BCUT2D eigenvalue weighted by molar-refractivity contribution is -0.128. The standard InChI is InChI=1S/C15H28N2O3/c1-13-12-16(8-5-15(13,19)6-11-20-2)9-10-17-7-3-4-14(17)18/h13,19H,3-12H2,1-2H3/t13-,15-/m1/s1. The number of likely N-dealkylation sites (tertiary alicyclic amines) is 2. The van der Waals surface area contributed by atoms with Crippen molar-refractivity contribution >= 4 is 5.91 Å². The second-order valence-electron chi connectivity index (χ2n) is 6.28. The van der Waals surface area contributed by atoms with Crippen molar-refractivity contribution in [3.05, 3.63) is 0 Å². The van der Waals surface area contributed by atoms with E-state index in [-0.39, 0.29) is 5.92 Å². The second kappa shape index (κ2) is 6.87. The van der Waals surface area contributed by atoms with Crippen molar-refractivity contribution in [2.75, 3.05) is 46.4 Å². The van der Waals surface area contributed by atoms with Crippen LogP contribution in [0.15, 0.2) is 0 Å². The molecule has 5 nitrogen and oxygen atoms in total. The van der Waals surface area contributed by atoms with Gasteiger partial charge in [-0.2, -0.15) is 0 Å². The Morgan fingerprint density at radius 3 is 2.80 bits per heavy atom. The van der Waals surface area contributed by atoms with Crippen LogP contribution in [0.25, 0.3) is 0 Å². The molecule has 1 N–H and O–H groups in total. The third-order valence-corrected chi connectivity index (χ3v) is 4.91. The van der Waals surface area contributed by atoms with Crippen molar-refractivity contribution in [3.8, 4) is 0 Å². The number of ether oxygens (including phenoxy) is 1. The summed E-state index contributed by atoms with van der Waals surface area (Å²) in [5, 5.41) is 10.6. The number of nitrogens with zero attached hydrogens (tertiary/aromatic N) is 2. The second-order valence-corrected chi connectivity index (χ2v) is 6.28. The molecule has 0 aromatic heterocycles. The summed E-state index contributed by atoms with van der Waals surface area (Å²) in [6, 6.07) is 0. The fraction of sp³-hybridized carbons (Fsp3) is 0.933. The molecule has 0 aromatic rings. The molecule has 2 saturated heterocycles. The summed E-state index contributed by atoms with van der Waals surface area (Å²) < 4.78 is 5.09. The molecule has 0 spiro atoms. The molecule has 2 aliphatic heterocycles. The van der Waals surface area contributed by atoms with Gasteiger partial charge >= 0.3 is 0 Å². The monoisotopic (exact) mass is 284 g/mol. The normalized spacial score (nSPS) is 32.0. The van der Waals surface area contributed by atoms with Gasteiger partial charge in [-0.25, -0.2) is 0 Å². The van der Waals surface area contributed by atoms with Crippen LogP contribution in [0.5, 0.6) is 0 Å². The van der Waals surface area contributed by atoms with Gasteiger partial charge in [0.15, 0.2) is 0 Å². The van der Waals surface area contributed by atoms with E-state index in [9.17, 15) is 9.90 Å². The van der Waals surface area contributed by atoms with Gasteiger partial charge < -0.3 is 19.6 Å². The fourth-order valence-electron chi connectivity index (χ4n) is 3.30. The van der Waals surface area contributed by atoms with Crippen LogP contribution >= 0.6 is 0 Å². The minimum Gasteiger partial charge on any atom is -0.389 e. The summed E-state index contributed by atoms with van der Waals surface area (Å²) in [5.41, 5.74) is -0.587. The van der Waals surface area contributed by atoms with Crippen LogP contribution in [0.1, 0.15) is 32.6 Å². The Morgan fingerprint density at radius 2 is 2.20 bits per heavy atom. The number of rotatable bonds is 6. The van der Waals surface area contributed by atoms with E-state index in [0.717, 1.165) is 45.6 Å². The van der Waals surface area contributed by atoms with Crippen molar-refractivity contribution in [1.29, 1.82) is 0 Å². The van der Waals surface area contributed by atoms with E-state index in [0.29, 0.717) is 25.4 Å². The Hall–Kier alpha value is -0.650. The minimum absolute atomic E-state index is 0.251. The van der Waals surface area contributed by atoms with Crippen LogP contribution in [0, 0.1) is 5.92 Å². The maximum absolute atomic E-state index is 11.6. The van der Waals surface area contributed by atoms with E-state index >= 15 is 0 Å².